The number of rotatable bonds is 5. The van der Waals surface area contributed by atoms with Gasteiger partial charge < -0.3 is 15.5 Å². The quantitative estimate of drug-likeness (QED) is 0.675. The van der Waals surface area contributed by atoms with Gasteiger partial charge in [0.15, 0.2) is 0 Å². The fourth-order valence-corrected chi connectivity index (χ4v) is 2.46. The number of aromatic nitrogens is 1. The van der Waals surface area contributed by atoms with E-state index in [0.717, 1.165) is 6.07 Å². The largest absolute Gasteiger partial charge is 0.433 e. The van der Waals surface area contributed by atoms with Crippen LogP contribution in [-0.4, -0.2) is 33.9 Å². The third-order valence-corrected chi connectivity index (χ3v) is 4.00. The van der Waals surface area contributed by atoms with Crippen molar-refractivity contribution < 1.29 is 36.6 Å². The molecule has 0 spiro atoms. The predicted molar refractivity (Wildman–Crippen MR) is 85.9 cm³/mol. The molecule has 0 aliphatic heterocycles. The highest BCUT2D eigenvalue weighted by atomic mass is 19.4. The number of aliphatic hydroxyl groups excluding tert-OH is 2. The second-order valence-corrected chi connectivity index (χ2v) is 6.73. The molecule has 1 atom stereocenters. The average molecular weight is 396 g/mol. The molecule has 2 aromatic rings. The minimum absolute atomic E-state index is 0.228. The normalized spacial score (nSPS) is 14.6. The summed E-state index contributed by atoms with van der Waals surface area (Å²) in [6.07, 6.45) is -11.4. The summed E-state index contributed by atoms with van der Waals surface area (Å²) in [5.74, 6) is 0. The van der Waals surface area contributed by atoms with Gasteiger partial charge in [0.1, 0.15) is 5.69 Å². The van der Waals surface area contributed by atoms with Crippen molar-refractivity contribution in [1.82, 2.24) is 10.3 Å². The average Bonchev–Trinajstić information content (AvgIpc) is 2.56. The van der Waals surface area contributed by atoms with E-state index in [-0.39, 0.29) is 24.1 Å². The molecule has 1 aromatic carbocycles. The molecule has 10 heteroatoms. The van der Waals surface area contributed by atoms with Gasteiger partial charge in [-0.15, -0.1) is 0 Å². The lowest BCUT2D eigenvalue weighted by molar-refractivity contribution is -0.142. The summed E-state index contributed by atoms with van der Waals surface area (Å²) in [4.78, 5) is 3.16. The van der Waals surface area contributed by atoms with Crippen molar-refractivity contribution in [3.63, 3.8) is 0 Å². The van der Waals surface area contributed by atoms with Gasteiger partial charge in [0, 0.05) is 17.5 Å². The van der Waals surface area contributed by atoms with Crippen LogP contribution in [0.4, 0.5) is 26.3 Å². The van der Waals surface area contributed by atoms with Gasteiger partial charge in [-0.05, 0) is 31.5 Å². The molecule has 27 heavy (non-hydrogen) atoms. The zero-order valence-corrected chi connectivity index (χ0v) is 14.4. The second-order valence-electron chi connectivity index (χ2n) is 6.73. The summed E-state index contributed by atoms with van der Waals surface area (Å²) in [6, 6.07) is 3.40. The minimum atomic E-state index is -4.99. The molecule has 0 bridgehead atoms. The molecule has 3 N–H and O–H groups in total. The lowest BCUT2D eigenvalue weighted by Crippen LogP contribution is -2.44. The molecule has 0 saturated heterocycles. The Labute approximate surface area is 150 Å². The van der Waals surface area contributed by atoms with E-state index in [1.165, 1.54) is 6.07 Å². The Bertz CT molecular complexity index is 817. The molecule has 0 aliphatic rings. The molecular weight excluding hydrogens is 378 g/mol. The Balaban J connectivity index is 2.64. The number of pyridine rings is 1. The Morgan fingerprint density at radius 1 is 1.07 bits per heavy atom. The van der Waals surface area contributed by atoms with E-state index < -0.39 is 40.8 Å². The fraction of sp³-hybridized carbons (Fsp3) is 0.471. The Kier molecular flexibility index (Phi) is 5.74. The molecule has 150 valence electrons. The summed E-state index contributed by atoms with van der Waals surface area (Å²) < 4.78 is 79.0. The number of β-amino-alcohol motifs (C(OH)–C–C–N with tert-alkyl or cyclic N) is 1. The van der Waals surface area contributed by atoms with Gasteiger partial charge in [0.25, 0.3) is 0 Å². The second kappa shape index (κ2) is 7.25. The van der Waals surface area contributed by atoms with Crippen molar-refractivity contribution in [1.29, 1.82) is 0 Å². The Morgan fingerprint density at radius 2 is 1.70 bits per heavy atom. The van der Waals surface area contributed by atoms with Gasteiger partial charge in [0.2, 0.25) is 0 Å². The first kappa shape index (κ1) is 21.4. The lowest BCUT2D eigenvalue weighted by Gasteiger charge is -2.26. The Morgan fingerprint density at radius 3 is 2.22 bits per heavy atom. The highest BCUT2D eigenvalue weighted by Gasteiger charge is 2.38. The number of fused-ring (bicyclic) bond motifs is 1. The first-order chi connectivity index (χ1) is 12.3. The van der Waals surface area contributed by atoms with Crippen LogP contribution in [0.15, 0.2) is 24.3 Å². The first-order valence-corrected chi connectivity index (χ1v) is 7.88. The van der Waals surface area contributed by atoms with Crippen molar-refractivity contribution in [2.75, 3.05) is 13.2 Å². The molecule has 4 nitrogen and oxygen atoms in total. The smallest absolute Gasteiger partial charge is 0.394 e. The third-order valence-electron chi connectivity index (χ3n) is 4.00. The third kappa shape index (κ3) is 4.88. The van der Waals surface area contributed by atoms with Gasteiger partial charge in [-0.3, -0.25) is 0 Å². The number of benzene rings is 1. The standard InChI is InChI=1S/C17H18F6N2O2/c1-15(2,8-26)24-7-12(27)10-6-13(17(21,22)23)25-14-9(10)4-3-5-11(14)16(18,19)20/h3-6,12,24,26-27H,7-8H2,1-2H3/t12-/m0/s1. The lowest BCUT2D eigenvalue weighted by atomic mass is 9.98. The molecule has 0 amide bonds. The highest BCUT2D eigenvalue weighted by molar-refractivity contribution is 5.86. The number of nitrogens with zero attached hydrogens (tertiary/aromatic N) is 1. The number of nitrogens with one attached hydrogen (secondary N) is 1. The van der Waals surface area contributed by atoms with E-state index in [9.17, 15) is 36.6 Å². The van der Waals surface area contributed by atoms with Crippen LogP contribution in [0.1, 0.15) is 36.8 Å². The van der Waals surface area contributed by atoms with Crippen LogP contribution < -0.4 is 5.32 Å². The molecular formula is C17H18F6N2O2. The van der Waals surface area contributed by atoms with Crippen LogP contribution in [0.25, 0.3) is 10.9 Å². The minimum Gasteiger partial charge on any atom is -0.394 e. The van der Waals surface area contributed by atoms with Crippen molar-refractivity contribution in [2.45, 2.75) is 37.8 Å². The van der Waals surface area contributed by atoms with Crippen LogP contribution in [0.3, 0.4) is 0 Å². The van der Waals surface area contributed by atoms with E-state index in [4.69, 9.17) is 0 Å². The first-order valence-electron chi connectivity index (χ1n) is 7.88. The summed E-state index contributed by atoms with van der Waals surface area (Å²) in [6.45, 7) is 2.59. The zero-order chi connectivity index (χ0) is 20.6. The predicted octanol–water partition coefficient (Wildman–Crippen LogP) is 3.67. The topological polar surface area (TPSA) is 65.4 Å². The van der Waals surface area contributed by atoms with E-state index in [1.807, 2.05) is 0 Å². The molecule has 0 unspecified atom stereocenters. The summed E-state index contributed by atoms with van der Waals surface area (Å²) in [5.41, 5.74) is -4.89. The van der Waals surface area contributed by atoms with Crippen LogP contribution in [0.5, 0.6) is 0 Å². The maximum atomic E-state index is 13.2. The molecule has 2 rings (SSSR count). The van der Waals surface area contributed by atoms with Crippen molar-refractivity contribution >= 4 is 10.9 Å². The van der Waals surface area contributed by atoms with Crippen LogP contribution in [-0.2, 0) is 12.4 Å². The van der Waals surface area contributed by atoms with Gasteiger partial charge in [0.05, 0.1) is 23.8 Å². The monoisotopic (exact) mass is 396 g/mol. The SMILES string of the molecule is CC(C)(CO)NC[C@H](O)c1cc(C(F)(F)F)nc2c(C(F)(F)F)cccc12. The number of para-hydroxylation sites is 1. The van der Waals surface area contributed by atoms with E-state index in [2.05, 4.69) is 10.3 Å². The molecule has 0 radical (unpaired) electrons. The maximum Gasteiger partial charge on any atom is 0.433 e. The van der Waals surface area contributed by atoms with Gasteiger partial charge in [-0.2, -0.15) is 26.3 Å². The van der Waals surface area contributed by atoms with Crippen molar-refractivity contribution in [3.05, 3.63) is 41.1 Å². The number of halogens is 6. The summed E-state index contributed by atoms with van der Waals surface area (Å²) in [7, 11) is 0. The maximum absolute atomic E-state index is 13.2. The van der Waals surface area contributed by atoms with Gasteiger partial charge in [-0.1, -0.05) is 12.1 Å². The van der Waals surface area contributed by atoms with Crippen molar-refractivity contribution in [3.8, 4) is 0 Å². The molecule has 0 aliphatic carbocycles. The molecule has 1 aromatic heterocycles. The molecule has 1 heterocycles. The number of alkyl halides is 6. The summed E-state index contributed by atoms with van der Waals surface area (Å²) >= 11 is 0. The van der Waals surface area contributed by atoms with E-state index >= 15 is 0 Å². The zero-order valence-electron chi connectivity index (χ0n) is 14.4. The Hall–Kier alpha value is -1.91. The van der Waals surface area contributed by atoms with E-state index in [1.54, 1.807) is 13.8 Å². The van der Waals surface area contributed by atoms with Crippen LogP contribution in [0, 0.1) is 0 Å². The summed E-state index contributed by atoms with van der Waals surface area (Å²) in [5, 5.41) is 22.1. The van der Waals surface area contributed by atoms with Crippen LogP contribution in [0.2, 0.25) is 0 Å². The van der Waals surface area contributed by atoms with Gasteiger partial charge in [-0.25, -0.2) is 4.98 Å². The fourth-order valence-electron chi connectivity index (χ4n) is 2.46. The highest BCUT2D eigenvalue weighted by Crippen LogP contribution is 2.38. The van der Waals surface area contributed by atoms with Crippen LogP contribution >= 0.6 is 0 Å². The number of aliphatic hydroxyl groups is 2. The molecule has 0 saturated carbocycles. The van der Waals surface area contributed by atoms with E-state index in [0.29, 0.717) is 12.1 Å². The number of hydrogen-bond acceptors (Lipinski definition) is 4. The molecule has 0 fully saturated rings. The van der Waals surface area contributed by atoms with Crippen molar-refractivity contribution in [2.24, 2.45) is 0 Å². The number of hydrogen-bond donors (Lipinski definition) is 3. The van der Waals surface area contributed by atoms with Gasteiger partial charge >= 0.3 is 12.4 Å².